The van der Waals surface area contributed by atoms with Gasteiger partial charge in [0.05, 0.1) is 6.61 Å². The minimum Gasteiger partial charge on any atom is -0.493 e. The fourth-order valence-electron chi connectivity index (χ4n) is 3.22. The number of hydrogen-bond acceptors (Lipinski definition) is 3. The van der Waals surface area contributed by atoms with Crippen LogP contribution < -0.4 is 10.1 Å². The number of amides is 1. The van der Waals surface area contributed by atoms with Gasteiger partial charge < -0.3 is 14.5 Å². The van der Waals surface area contributed by atoms with E-state index in [4.69, 9.17) is 9.15 Å². The molecule has 0 atom stereocenters. The van der Waals surface area contributed by atoms with E-state index in [0.29, 0.717) is 6.61 Å². The summed E-state index contributed by atoms with van der Waals surface area (Å²) in [6, 6.07) is 9.85. The zero-order chi connectivity index (χ0) is 20.4. The lowest BCUT2D eigenvalue weighted by molar-refractivity contribution is -0.111. The Morgan fingerprint density at radius 2 is 1.86 bits per heavy atom. The van der Waals surface area contributed by atoms with Crippen molar-refractivity contribution >= 4 is 28.1 Å². The third-order valence-corrected chi connectivity index (χ3v) is 5.12. The molecule has 3 aromatic rings. The number of carbonyl (C=O) groups is 1. The molecule has 0 spiro atoms. The molecular formula is C24H27NO3. The minimum absolute atomic E-state index is 0.164. The van der Waals surface area contributed by atoms with E-state index in [1.165, 1.54) is 5.56 Å². The Morgan fingerprint density at radius 3 is 2.54 bits per heavy atom. The molecule has 0 saturated carbocycles. The van der Waals surface area contributed by atoms with E-state index < -0.39 is 0 Å². The van der Waals surface area contributed by atoms with Crippen LogP contribution >= 0.6 is 0 Å². The van der Waals surface area contributed by atoms with Gasteiger partial charge in [0, 0.05) is 28.8 Å². The van der Waals surface area contributed by atoms with Crippen LogP contribution in [0.5, 0.6) is 5.75 Å². The largest absolute Gasteiger partial charge is 0.493 e. The number of benzene rings is 2. The molecule has 0 saturated heterocycles. The summed E-state index contributed by atoms with van der Waals surface area (Å²) in [4.78, 5) is 12.5. The van der Waals surface area contributed by atoms with Gasteiger partial charge in [-0.1, -0.05) is 6.07 Å². The van der Waals surface area contributed by atoms with E-state index >= 15 is 0 Å². The van der Waals surface area contributed by atoms with Gasteiger partial charge in [0.2, 0.25) is 5.91 Å². The smallest absolute Gasteiger partial charge is 0.248 e. The molecule has 0 aliphatic heterocycles. The van der Waals surface area contributed by atoms with Crippen molar-refractivity contribution in [2.45, 2.75) is 41.5 Å². The van der Waals surface area contributed by atoms with Crippen molar-refractivity contribution in [1.29, 1.82) is 0 Å². The Bertz CT molecular complexity index is 1070. The van der Waals surface area contributed by atoms with Gasteiger partial charge in [0.1, 0.15) is 17.1 Å². The van der Waals surface area contributed by atoms with E-state index in [1.54, 1.807) is 6.08 Å². The monoisotopic (exact) mass is 377 g/mol. The summed E-state index contributed by atoms with van der Waals surface area (Å²) >= 11 is 0. The highest BCUT2D eigenvalue weighted by molar-refractivity contribution is 6.04. The third kappa shape index (κ3) is 3.96. The van der Waals surface area contributed by atoms with Crippen LogP contribution in [-0.4, -0.2) is 12.5 Å². The summed E-state index contributed by atoms with van der Waals surface area (Å²) in [5.74, 6) is 1.45. The molecule has 28 heavy (non-hydrogen) atoms. The van der Waals surface area contributed by atoms with Crippen molar-refractivity contribution in [2.24, 2.45) is 0 Å². The molecule has 1 heterocycles. The summed E-state index contributed by atoms with van der Waals surface area (Å²) in [6.07, 6.45) is 1.61. The van der Waals surface area contributed by atoms with Gasteiger partial charge in [-0.2, -0.15) is 0 Å². The van der Waals surface area contributed by atoms with Gasteiger partial charge in [-0.15, -0.1) is 0 Å². The van der Waals surface area contributed by atoms with Crippen LogP contribution in [-0.2, 0) is 4.79 Å². The van der Waals surface area contributed by atoms with Gasteiger partial charge in [0.15, 0.2) is 0 Å². The highest BCUT2D eigenvalue weighted by Crippen LogP contribution is 2.35. The second-order valence-corrected chi connectivity index (χ2v) is 7.18. The van der Waals surface area contributed by atoms with E-state index in [1.807, 2.05) is 65.0 Å². The molecule has 0 aliphatic carbocycles. The molecule has 0 bridgehead atoms. The zero-order valence-corrected chi connectivity index (χ0v) is 17.4. The predicted octanol–water partition coefficient (Wildman–Crippen LogP) is 6.11. The normalized spacial score (nSPS) is 11.7. The van der Waals surface area contributed by atoms with Gasteiger partial charge in [-0.25, -0.2) is 0 Å². The van der Waals surface area contributed by atoms with E-state index in [9.17, 15) is 4.79 Å². The Kier molecular flexibility index (Phi) is 5.59. The Balaban J connectivity index is 1.94. The summed E-state index contributed by atoms with van der Waals surface area (Å²) in [5.41, 5.74) is 6.78. The van der Waals surface area contributed by atoms with E-state index in [0.717, 1.165) is 50.4 Å². The molecule has 146 valence electrons. The molecule has 0 unspecified atom stereocenters. The van der Waals surface area contributed by atoms with Crippen molar-refractivity contribution in [1.82, 2.24) is 0 Å². The van der Waals surface area contributed by atoms with Crippen LogP contribution in [0.2, 0.25) is 0 Å². The summed E-state index contributed by atoms with van der Waals surface area (Å²) < 4.78 is 11.6. The summed E-state index contributed by atoms with van der Waals surface area (Å²) in [5, 5.41) is 3.98. The van der Waals surface area contributed by atoms with Crippen LogP contribution in [0.1, 0.15) is 41.9 Å². The first kappa shape index (κ1) is 19.7. The average Bonchev–Trinajstić information content (AvgIpc) is 2.91. The highest BCUT2D eigenvalue weighted by atomic mass is 16.5. The second-order valence-electron chi connectivity index (χ2n) is 7.18. The molecule has 3 rings (SSSR count). The van der Waals surface area contributed by atoms with Crippen LogP contribution in [0.4, 0.5) is 5.69 Å². The lowest BCUT2D eigenvalue weighted by atomic mass is 10.0. The average molecular weight is 377 g/mol. The van der Waals surface area contributed by atoms with Gasteiger partial charge >= 0.3 is 0 Å². The third-order valence-electron chi connectivity index (χ3n) is 5.12. The van der Waals surface area contributed by atoms with Crippen molar-refractivity contribution < 1.29 is 13.9 Å². The van der Waals surface area contributed by atoms with Crippen LogP contribution in [0.25, 0.3) is 16.5 Å². The Morgan fingerprint density at radius 1 is 1.11 bits per heavy atom. The van der Waals surface area contributed by atoms with Crippen LogP contribution in [0, 0.1) is 27.7 Å². The Hall–Kier alpha value is -3.01. The molecule has 0 fully saturated rings. The number of furan rings is 1. The number of allylic oxidation sites excluding steroid dienone is 1. The van der Waals surface area contributed by atoms with Crippen molar-refractivity contribution in [3.63, 3.8) is 0 Å². The molecule has 1 N–H and O–H groups in total. The molecule has 4 nitrogen and oxygen atoms in total. The SMILES string of the molecule is CCOc1cc2oc(C)c(C)c2cc1/C(C)=C/C(=O)Nc1ccc(C)c(C)c1. The number of hydrogen-bond donors (Lipinski definition) is 1. The van der Waals surface area contributed by atoms with Gasteiger partial charge in [-0.3, -0.25) is 4.79 Å². The molecule has 1 amide bonds. The number of aryl methyl sites for hydroxylation is 4. The predicted molar refractivity (Wildman–Crippen MR) is 115 cm³/mol. The van der Waals surface area contributed by atoms with E-state index in [2.05, 4.69) is 12.2 Å². The fraction of sp³-hybridized carbons (Fsp3) is 0.292. The van der Waals surface area contributed by atoms with Crippen molar-refractivity contribution in [2.75, 3.05) is 11.9 Å². The molecule has 4 heteroatoms. The molecule has 2 aromatic carbocycles. The van der Waals surface area contributed by atoms with Gasteiger partial charge in [-0.05, 0) is 82.0 Å². The maximum absolute atomic E-state index is 12.5. The topological polar surface area (TPSA) is 51.5 Å². The highest BCUT2D eigenvalue weighted by Gasteiger charge is 2.14. The molecule has 0 radical (unpaired) electrons. The standard InChI is InChI=1S/C24H27NO3/c1-7-27-22-13-23-21(17(5)18(6)28-23)12-20(22)16(4)11-24(26)25-19-9-8-14(2)15(3)10-19/h8-13H,7H2,1-6H3,(H,25,26)/b16-11+. The number of carbonyl (C=O) groups excluding carboxylic acids is 1. The molecule has 1 aromatic heterocycles. The van der Waals surface area contributed by atoms with Crippen molar-refractivity contribution in [3.05, 3.63) is 64.4 Å². The number of fused-ring (bicyclic) bond motifs is 1. The summed E-state index contributed by atoms with van der Waals surface area (Å²) in [7, 11) is 0. The van der Waals surface area contributed by atoms with E-state index in [-0.39, 0.29) is 5.91 Å². The van der Waals surface area contributed by atoms with Crippen molar-refractivity contribution in [3.8, 4) is 5.75 Å². The maximum Gasteiger partial charge on any atom is 0.248 e. The first-order valence-electron chi connectivity index (χ1n) is 9.53. The minimum atomic E-state index is -0.164. The summed E-state index contributed by atoms with van der Waals surface area (Å²) in [6.45, 7) is 12.5. The quantitative estimate of drug-likeness (QED) is 0.546. The number of anilines is 1. The Labute approximate surface area is 166 Å². The second kappa shape index (κ2) is 7.93. The van der Waals surface area contributed by atoms with Crippen LogP contribution in [0.15, 0.2) is 40.8 Å². The molecule has 0 aliphatic rings. The molecular weight excluding hydrogens is 350 g/mol. The number of nitrogens with one attached hydrogen (secondary N) is 1. The zero-order valence-electron chi connectivity index (χ0n) is 17.4. The number of rotatable bonds is 5. The van der Waals surface area contributed by atoms with Crippen LogP contribution in [0.3, 0.4) is 0 Å². The maximum atomic E-state index is 12.5. The lowest BCUT2D eigenvalue weighted by Gasteiger charge is -2.11. The first-order chi connectivity index (χ1) is 13.3. The fourth-order valence-corrected chi connectivity index (χ4v) is 3.22. The number of ether oxygens (including phenoxy) is 1. The van der Waals surface area contributed by atoms with Gasteiger partial charge in [0.25, 0.3) is 0 Å². The lowest BCUT2D eigenvalue weighted by Crippen LogP contribution is -2.09. The first-order valence-corrected chi connectivity index (χ1v) is 9.53.